The Hall–Kier alpha value is -2.95. The van der Waals surface area contributed by atoms with Crippen molar-refractivity contribution in [3.63, 3.8) is 0 Å². The molecule has 3 aromatic carbocycles. The Bertz CT molecular complexity index is 1160. The summed E-state index contributed by atoms with van der Waals surface area (Å²) in [6.45, 7) is 4.96. The lowest BCUT2D eigenvalue weighted by Gasteiger charge is -2.26. The summed E-state index contributed by atoms with van der Waals surface area (Å²) >= 11 is 0. The van der Waals surface area contributed by atoms with Gasteiger partial charge in [-0.05, 0) is 78.2 Å². The molecule has 206 valence electrons. The van der Waals surface area contributed by atoms with Crippen molar-refractivity contribution in [3.05, 3.63) is 107 Å². The van der Waals surface area contributed by atoms with E-state index in [1.807, 2.05) is 42.5 Å². The van der Waals surface area contributed by atoms with Gasteiger partial charge in [-0.15, -0.1) is 0 Å². The predicted octanol–water partition coefficient (Wildman–Crippen LogP) is 9.28. The van der Waals surface area contributed by atoms with Gasteiger partial charge in [0.05, 0.1) is 5.56 Å². The number of hydrogen-bond acceptors (Lipinski definition) is 4. The molecule has 0 aliphatic heterocycles. The molecule has 2 aliphatic carbocycles. The second-order valence-corrected chi connectivity index (χ2v) is 11.8. The lowest BCUT2D eigenvalue weighted by molar-refractivity contribution is -0.379. The van der Waals surface area contributed by atoms with Gasteiger partial charge in [0.15, 0.2) is 0 Å². The Balaban J connectivity index is 1.17. The van der Waals surface area contributed by atoms with Crippen LogP contribution in [0, 0.1) is 11.8 Å². The van der Waals surface area contributed by atoms with Crippen LogP contribution in [0.2, 0.25) is 0 Å². The van der Waals surface area contributed by atoms with E-state index in [-0.39, 0.29) is 6.61 Å². The van der Waals surface area contributed by atoms with Crippen molar-refractivity contribution < 1.29 is 19.3 Å². The van der Waals surface area contributed by atoms with E-state index in [1.54, 1.807) is 0 Å². The van der Waals surface area contributed by atoms with Crippen LogP contribution in [0.4, 0.5) is 0 Å². The number of esters is 1. The zero-order valence-electron chi connectivity index (χ0n) is 23.4. The van der Waals surface area contributed by atoms with Gasteiger partial charge in [-0.2, -0.15) is 4.89 Å². The van der Waals surface area contributed by atoms with Crippen LogP contribution in [0.5, 0.6) is 0 Å². The number of rotatable bonds is 9. The van der Waals surface area contributed by atoms with Crippen LogP contribution in [0.15, 0.2) is 78.9 Å². The van der Waals surface area contributed by atoms with Crippen molar-refractivity contribution in [2.45, 2.75) is 89.9 Å². The van der Waals surface area contributed by atoms with Crippen LogP contribution < -0.4 is 0 Å². The lowest BCUT2D eigenvalue weighted by atomic mass is 9.79. The van der Waals surface area contributed by atoms with Gasteiger partial charge in [0.1, 0.15) is 6.61 Å². The first-order chi connectivity index (χ1) is 19.0. The summed E-state index contributed by atoms with van der Waals surface area (Å²) in [6, 6.07) is 26.0. The molecule has 2 saturated carbocycles. The van der Waals surface area contributed by atoms with E-state index < -0.39 is 12.3 Å². The summed E-state index contributed by atoms with van der Waals surface area (Å²) < 4.78 is 5.78. The van der Waals surface area contributed by atoms with Crippen LogP contribution in [-0.4, -0.2) is 5.97 Å². The van der Waals surface area contributed by atoms with E-state index >= 15 is 0 Å². The SMILES string of the molecule is CC1CCC(c2ccc(COOC(OC(=O)c3ccc(C4CCC(C)CC4)cc3)c3ccccc3)cc2)CC1. The summed E-state index contributed by atoms with van der Waals surface area (Å²) in [7, 11) is 0. The van der Waals surface area contributed by atoms with Gasteiger partial charge in [0, 0.05) is 5.56 Å². The molecule has 4 nitrogen and oxygen atoms in total. The first-order valence-electron chi connectivity index (χ1n) is 14.8. The molecule has 3 aromatic rings. The molecular weight excluding hydrogens is 484 g/mol. The zero-order valence-corrected chi connectivity index (χ0v) is 23.4. The van der Waals surface area contributed by atoms with E-state index in [4.69, 9.17) is 14.5 Å². The average Bonchev–Trinajstić information content (AvgIpc) is 2.98. The fraction of sp³-hybridized carbons (Fsp3) is 0.457. The molecule has 39 heavy (non-hydrogen) atoms. The highest BCUT2D eigenvalue weighted by molar-refractivity contribution is 5.89. The van der Waals surface area contributed by atoms with Gasteiger partial charge in [-0.25, -0.2) is 9.68 Å². The molecule has 2 fully saturated rings. The summed E-state index contributed by atoms with van der Waals surface area (Å²) in [6.07, 6.45) is 9.19. The third-order valence-electron chi connectivity index (χ3n) is 8.77. The van der Waals surface area contributed by atoms with Gasteiger partial charge in [0.2, 0.25) is 0 Å². The standard InChI is InChI=1S/C35H42O4/c1-25-8-14-28(15-9-25)30-18-12-27(13-19-30)24-37-39-35(33-6-4-3-5-7-33)38-34(36)32-22-20-31(21-23-32)29-16-10-26(2)11-17-29/h3-7,12-13,18-23,25-26,28-29,35H,8-11,14-17,24H2,1-2H3. The summed E-state index contributed by atoms with van der Waals surface area (Å²) in [5.74, 6) is 2.48. The number of carbonyl (C=O) groups excluding carboxylic acids is 1. The Labute approximate surface area is 233 Å². The second-order valence-electron chi connectivity index (χ2n) is 11.8. The van der Waals surface area contributed by atoms with Crippen molar-refractivity contribution in [2.75, 3.05) is 0 Å². The van der Waals surface area contributed by atoms with Gasteiger partial charge in [0.25, 0.3) is 6.29 Å². The fourth-order valence-electron chi connectivity index (χ4n) is 6.05. The summed E-state index contributed by atoms with van der Waals surface area (Å²) in [5, 5.41) is 0. The molecule has 0 aromatic heterocycles. The third-order valence-corrected chi connectivity index (χ3v) is 8.77. The minimum Gasteiger partial charge on any atom is -0.425 e. The molecule has 0 amide bonds. The maximum absolute atomic E-state index is 13.0. The monoisotopic (exact) mass is 526 g/mol. The Morgan fingerprint density at radius 2 is 1.21 bits per heavy atom. The van der Waals surface area contributed by atoms with Crippen molar-refractivity contribution in [1.82, 2.24) is 0 Å². The highest BCUT2D eigenvalue weighted by atomic mass is 17.2. The quantitative estimate of drug-likeness (QED) is 0.121. The smallest absolute Gasteiger partial charge is 0.340 e. The minimum atomic E-state index is -0.957. The molecular formula is C35H42O4. The van der Waals surface area contributed by atoms with Crippen LogP contribution >= 0.6 is 0 Å². The lowest BCUT2D eigenvalue weighted by Crippen LogP contribution is -2.15. The second kappa shape index (κ2) is 13.4. The van der Waals surface area contributed by atoms with Crippen molar-refractivity contribution in [2.24, 2.45) is 11.8 Å². The summed E-state index contributed by atoms with van der Waals surface area (Å²) in [4.78, 5) is 24.3. The van der Waals surface area contributed by atoms with Gasteiger partial charge in [-0.3, -0.25) is 0 Å². The molecule has 0 radical (unpaired) electrons. The van der Waals surface area contributed by atoms with Crippen LogP contribution in [-0.2, 0) is 21.1 Å². The molecule has 5 rings (SSSR count). The van der Waals surface area contributed by atoms with Crippen molar-refractivity contribution in [3.8, 4) is 0 Å². The Morgan fingerprint density at radius 1 is 0.692 bits per heavy atom. The van der Waals surface area contributed by atoms with Gasteiger partial charge < -0.3 is 4.74 Å². The van der Waals surface area contributed by atoms with Crippen molar-refractivity contribution in [1.29, 1.82) is 0 Å². The molecule has 0 spiro atoms. The molecule has 0 heterocycles. The number of benzene rings is 3. The summed E-state index contributed by atoms with van der Waals surface area (Å²) in [5.41, 5.74) is 4.98. The highest BCUT2D eigenvalue weighted by Crippen LogP contribution is 2.36. The van der Waals surface area contributed by atoms with E-state index in [2.05, 4.69) is 50.2 Å². The van der Waals surface area contributed by atoms with E-state index in [0.717, 1.165) is 23.0 Å². The van der Waals surface area contributed by atoms with Crippen molar-refractivity contribution >= 4 is 5.97 Å². The van der Waals surface area contributed by atoms with Crippen LogP contribution in [0.25, 0.3) is 0 Å². The maximum atomic E-state index is 13.0. The van der Waals surface area contributed by atoms with Gasteiger partial charge in [-0.1, -0.05) is 106 Å². The molecule has 1 unspecified atom stereocenters. The fourth-order valence-corrected chi connectivity index (χ4v) is 6.05. The topological polar surface area (TPSA) is 44.8 Å². The Kier molecular flexibility index (Phi) is 9.49. The van der Waals surface area contributed by atoms with Crippen LogP contribution in [0.3, 0.4) is 0 Å². The number of hydrogen-bond donors (Lipinski definition) is 0. The molecule has 0 N–H and O–H groups in total. The van der Waals surface area contributed by atoms with Gasteiger partial charge >= 0.3 is 5.97 Å². The zero-order chi connectivity index (χ0) is 27.0. The van der Waals surface area contributed by atoms with Crippen LogP contribution in [0.1, 0.15) is 116 Å². The first-order valence-corrected chi connectivity index (χ1v) is 14.8. The van der Waals surface area contributed by atoms with E-state index in [1.165, 1.54) is 62.5 Å². The third kappa shape index (κ3) is 7.58. The highest BCUT2D eigenvalue weighted by Gasteiger charge is 2.23. The first kappa shape index (κ1) is 27.6. The molecule has 0 bridgehead atoms. The molecule has 4 heteroatoms. The largest absolute Gasteiger partial charge is 0.425 e. The van der Waals surface area contributed by atoms with E-state index in [9.17, 15) is 4.79 Å². The number of carbonyl (C=O) groups is 1. The molecule has 2 aliphatic rings. The predicted molar refractivity (Wildman–Crippen MR) is 154 cm³/mol. The average molecular weight is 527 g/mol. The minimum absolute atomic E-state index is 0.275. The Morgan fingerprint density at radius 3 is 1.74 bits per heavy atom. The maximum Gasteiger partial charge on any atom is 0.340 e. The van der Waals surface area contributed by atoms with E-state index in [0.29, 0.717) is 17.4 Å². The molecule has 1 atom stereocenters. The normalized spacial score (nSPS) is 24.2. The number of ether oxygens (including phenoxy) is 1. The molecule has 0 saturated heterocycles.